The van der Waals surface area contributed by atoms with Crippen LogP contribution in [-0.4, -0.2) is 16.1 Å². The molecule has 16 heavy (non-hydrogen) atoms. The monoisotopic (exact) mass is 235 g/mol. The van der Waals surface area contributed by atoms with Gasteiger partial charge in [-0.1, -0.05) is 6.07 Å². The van der Waals surface area contributed by atoms with E-state index < -0.39 is 0 Å². The quantitative estimate of drug-likeness (QED) is 0.747. The molecule has 3 nitrogen and oxygen atoms in total. The van der Waals surface area contributed by atoms with Gasteiger partial charge in [-0.25, -0.2) is 4.98 Å². The first-order valence-corrected chi connectivity index (χ1v) is 6.52. The van der Waals surface area contributed by atoms with Crippen molar-refractivity contribution in [1.29, 1.82) is 0 Å². The van der Waals surface area contributed by atoms with Gasteiger partial charge in [-0.3, -0.25) is 0 Å². The van der Waals surface area contributed by atoms with E-state index in [-0.39, 0.29) is 0 Å². The molecule has 0 aromatic carbocycles. The number of aromatic nitrogens is 2. The molecule has 0 fully saturated rings. The molecule has 0 saturated carbocycles. The molecule has 1 N–H and O–H groups in total. The number of hydrogen-bond donors (Lipinski definition) is 1. The van der Waals surface area contributed by atoms with E-state index in [1.54, 1.807) is 0 Å². The topological polar surface area (TPSA) is 29.9 Å². The highest BCUT2D eigenvalue weighted by Crippen LogP contribution is 2.07. The van der Waals surface area contributed by atoms with Gasteiger partial charge in [-0.05, 0) is 30.8 Å². The fraction of sp³-hybridized carbons (Fsp3) is 0.417. The average Bonchev–Trinajstić information content (AvgIpc) is 2.96. The highest BCUT2D eigenvalue weighted by molar-refractivity contribution is 7.09. The number of aryl methyl sites for hydroxylation is 1. The van der Waals surface area contributed by atoms with Crippen molar-refractivity contribution in [1.82, 2.24) is 14.9 Å². The normalized spacial score (nSPS) is 10.8. The molecule has 4 heteroatoms. The van der Waals surface area contributed by atoms with Gasteiger partial charge in [0.05, 0.1) is 6.33 Å². The van der Waals surface area contributed by atoms with Gasteiger partial charge in [0.1, 0.15) is 0 Å². The number of imidazole rings is 1. The Morgan fingerprint density at radius 1 is 1.38 bits per heavy atom. The third kappa shape index (κ3) is 3.79. The predicted octanol–water partition coefficient (Wildman–Crippen LogP) is 2.51. The second-order valence-electron chi connectivity index (χ2n) is 3.76. The maximum Gasteiger partial charge on any atom is 0.0945 e. The molecule has 0 atom stereocenters. The lowest BCUT2D eigenvalue weighted by Gasteiger charge is -2.03. The van der Waals surface area contributed by atoms with Gasteiger partial charge in [0.15, 0.2) is 0 Å². The van der Waals surface area contributed by atoms with Crippen LogP contribution >= 0.6 is 11.3 Å². The SMILES string of the molecule is c1csc(CNCCCCn2ccnc2)c1. The molecule has 2 aromatic heterocycles. The summed E-state index contributed by atoms with van der Waals surface area (Å²) < 4.78 is 2.12. The third-order valence-corrected chi connectivity index (χ3v) is 3.33. The van der Waals surface area contributed by atoms with E-state index in [0.717, 1.165) is 19.6 Å². The van der Waals surface area contributed by atoms with Crippen LogP contribution < -0.4 is 5.32 Å². The van der Waals surface area contributed by atoms with Gasteiger partial charge in [-0.2, -0.15) is 0 Å². The average molecular weight is 235 g/mol. The molecule has 0 aliphatic rings. The Balaban J connectivity index is 1.49. The minimum absolute atomic E-state index is 1.00. The maximum atomic E-state index is 4.02. The smallest absolute Gasteiger partial charge is 0.0945 e. The minimum atomic E-state index is 1.00. The standard InChI is InChI=1S/C12H17N3S/c1(2-7-15-8-6-14-11-15)5-13-10-12-4-3-9-16-12/h3-4,6,8-9,11,13H,1-2,5,7,10H2. The highest BCUT2D eigenvalue weighted by atomic mass is 32.1. The lowest BCUT2D eigenvalue weighted by Crippen LogP contribution is -2.14. The fourth-order valence-electron chi connectivity index (χ4n) is 1.59. The van der Waals surface area contributed by atoms with E-state index >= 15 is 0 Å². The molecule has 0 radical (unpaired) electrons. The zero-order valence-corrected chi connectivity index (χ0v) is 10.1. The zero-order chi connectivity index (χ0) is 11.1. The van der Waals surface area contributed by atoms with Gasteiger partial charge in [0.2, 0.25) is 0 Å². The summed E-state index contributed by atoms with van der Waals surface area (Å²) in [5.74, 6) is 0. The zero-order valence-electron chi connectivity index (χ0n) is 9.30. The lowest BCUT2D eigenvalue weighted by molar-refractivity contribution is 0.570. The van der Waals surface area contributed by atoms with Gasteiger partial charge in [-0.15, -0.1) is 11.3 Å². The number of nitrogens with zero attached hydrogens (tertiary/aromatic N) is 2. The van der Waals surface area contributed by atoms with Crippen LogP contribution in [0.3, 0.4) is 0 Å². The van der Waals surface area contributed by atoms with E-state index in [4.69, 9.17) is 0 Å². The van der Waals surface area contributed by atoms with Crippen molar-refractivity contribution in [3.8, 4) is 0 Å². The highest BCUT2D eigenvalue weighted by Gasteiger charge is 1.93. The molecule has 2 aromatic rings. The van der Waals surface area contributed by atoms with E-state index in [1.165, 1.54) is 17.7 Å². The van der Waals surface area contributed by atoms with Crippen LogP contribution in [0.25, 0.3) is 0 Å². The summed E-state index contributed by atoms with van der Waals surface area (Å²) in [5, 5.41) is 5.57. The summed E-state index contributed by atoms with van der Waals surface area (Å²) >= 11 is 1.81. The Labute approximate surface area is 100 Å². The molecule has 0 saturated heterocycles. The van der Waals surface area contributed by atoms with E-state index in [1.807, 2.05) is 30.1 Å². The van der Waals surface area contributed by atoms with Crippen LogP contribution in [0.4, 0.5) is 0 Å². The maximum absolute atomic E-state index is 4.02. The molecule has 2 heterocycles. The van der Waals surface area contributed by atoms with Gasteiger partial charge >= 0.3 is 0 Å². The second-order valence-corrected chi connectivity index (χ2v) is 4.80. The molecule has 0 aliphatic carbocycles. The Morgan fingerprint density at radius 3 is 3.12 bits per heavy atom. The first kappa shape index (κ1) is 11.4. The van der Waals surface area contributed by atoms with Crippen LogP contribution in [0.15, 0.2) is 36.2 Å². The number of thiophene rings is 1. The molecule has 0 amide bonds. The summed E-state index contributed by atoms with van der Waals surface area (Å²) in [6.07, 6.45) is 8.13. The van der Waals surface area contributed by atoms with Crippen molar-refractivity contribution in [3.05, 3.63) is 41.1 Å². The number of hydrogen-bond acceptors (Lipinski definition) is 3. The Hall–Kier alpha value is -1.13. The first-order valence-electron chi connectivity index (χ1n) is 5.64. The molecule has 0 unspecified atom stereocenters. The van der Waals surface area contributed by atoms with Crippen molar-refractivity contribution >= 4 is 11.3 Å². The Bertz CT molecular complexity index is 329. The van der Waals surface area contributed by atoms with Gasteiger partial charge in [0, 0.05) is 30.4 Å². The van der Waals surface area contributed by atoms with Crippen LogP contribution in [0.1, 0.15) is 17.7 Å². The largest absolute Gasteiger partial charge is 0.337 e. The third-order valence-electron chi connectivity index (χ3n) is 2.46. The van der Waals surface area contributed by atoms with E-state index in [2.05, 4.69) is 32.4 Å². The van der Waals surface area contributed by atoms with Crippen LogP contribution in [0, 0.1) is 0 Å². The number of unbranched alkanes of at least 4 members (excludes halogenated alkanes) is 1. The van der Waals surface area contributed by atoms with E-state index in [9.17, 15) is 0 Å². The molecule has 0 spiro atoms. The van der Waals surface area contributed by atoms with Crippen molar-refractivity contribution in [2.24, 2.45) is 0 Å². The summed E-state index contributed by atoms with van der Waals surface area (Å²) in [7, 11) is 0. The Kier molecular flexibility index (Phi) is 4.58. The minimum Gasteiger partial charge on any atom is -0.337 e. The Morgan fingerprint density at radius 2 is 2.38 bits per heavy atom. The first-order chi connectivity index (χ1) is 7.95. The van der Waals surface area contributed by atoms with Gasteiger partial charge < -0.3 is 9.88 Å². The molecule has 0 bridgehead atoms. The molecular formula is C12H17N3S. The summed E-state index contributed by atoms with van der Waals surface area (Å²) in [6, 6.07) is 4.27. The summed E-state index contributed by atoms with van der Waals surface area (Å²) in [6.45, 7) is 3.16. The predicted molar refractivity (Wildman–Crippen MR) is 67.5 cm³/mol. The van der Waals surface area contributed by atoms with Crippen LogP contribution in [-0.2, 0) is 13.1 Å². The van der Waals surface area contributed by atoms with E-state index in [0.29, 0.717) is 0 Å². The lowest BCUT2D eigenvalue weighted by atomic mass is 10.3. The number of nitrogens with one attached hydrogen (secondary N) is 1. The molecule has 86 valence electrons. The molecule has 2 rings (SSSR count). The fourth-order valence-corrected chi connectivity index (χ4v) is 2.26. The van der Waals surface area contributed by atoms with Crippen molar-refractivity contribution in [2.75, 3.05) is 6.54 Å². The number of rotatable bonds is 7. The van der Waals surface area contributed by atoms with Crippen LogP contribution in [0.2, 0.25) is 0 Å². The summed E-state index contributed by atoms with van der Waals surface area (Å²) in [4.78, 5) is 5.43. The van der Waals surface area contributed by atoms with Crippen molar-refractivity contribution < 1.29 is 0 Å². The van der Waals surface area contributed by atoms with Crippen LogP contribution in [0.5, 0.6) is 0 Å². The molecule has 0 aliphatic heterocycles. The summed E-state index contributed by atoms with van der Waals surface area (Å²) in [5.41, 5.74) is 0. The molecular weight excluding hydrogens is 218 g/mol. The van der Waals surface area contributed by atoms with Gasteiger partial charge in [0.25, 0.3) is 0 Å². The second kappa shape index (κ2) is 6.45. The van der Waals surface area contributed by atoms with Crippen molar-refractivity contribution in [2.45, 2.75) is 25.9 Å². The van der Waals surface area contributed by atoms with Crippen molar-refractivity contribution in [3.63, 3.8) is 0 Å².